The smallest absolute Gasteiger partial charge is 0.0162 e. The highest BCUT2D eigenvalue weighted by molar-refractivity contribution is 5.07. The molecule has 3 aliphatic carbocycles. The molecule has 1 heteroatoms. The van der Waals surface area contributed by atoms with E-state index in [9.17, 15) is 0 Å². The summed E-state index contributed by atoms with van der Waals surface area (Å²) in [5.74, 6) is 3.13. The van der Waals surface area contributed by atoms with Crippen molar-refractivity contribution < 1.29 is 0 Å². The average molecular weight is 151 g/mol. The second-order valence-electron chi connectivity index (χ2n) is 5.17. The van der Waals surface area contributed by atoms with Crippen molar-refractivity contribution in [1.29, 1.82) is 0 Å². The van der Waals surface area contributed by atoms with Gasteiger partial charge in [0.1, 0.15) is 0 Å². The first-order valence-electron chi connectivity index (χ1n) is 5.04. The van der Waals surface area contributed by atoms with Crippen molar-refractivity contribution in [3.8, 4) is 0 Å². The first kappa shape index (κ1) is 6.47. The molecule has 0 saturated heterocycles. The van der Waals surface area contributed by atoms with Crippen molar-refractivity contribution >= 4 is 0 Å². The van der Waals surface area contributed by atoms with E-state index >= 15 is 0 Å². The Morgan fingerprint density at radius 1 is 1.18 bits per heavy atom. The van der Waals surface area contributed by atoms with Crippen LogP contribution in [0.2, 0.25) is 0 Å². The van der Waals surface area contributed by atoms with Gasteiger partial charge in [0.25, 0.3) is 0 Å². The van der Waals surface area contributed by atoms with E-state index in [-0.39, 0.29) is 0 Å². The normalized spacial score (nSPS) is 54.3. The lowest BCUT2D eigenvalue weighted by Gasteiger charge is -2.25. The van der Waals surface area contributed by atoms with E-state index in [1.54, 1.807) is 0 Å². The molecular formula is C10H17N. The number of hydrogen-bond donors (Lipinski definition) is 1. The Balaban J connectivity index is 1.64. The first-order valence-corrected chi connectivity index (χ1v) is 5.04. The standard InChI is InChI=1S/C10H17N/c11-10(4-7-1-2-7)5-8-3-9(8)6-10/h7-9H,1-6,11H2. The zero-order valence-corrected chi connectivity index (χ0v) is 7.05. The average Bonchev–Trinajstić information content (AvgIpc) is 2.76. The zero-order valence-electron chi connectivity index (χ0n) is 7.05. The van der Waals surface area contributed by atoms with E-state index < -0.39 is 0 Å². The molecule has 0 bridgehead atoms. The molecule has 0 radical (unpaired) electrons. The van der Waals surface area contributed by atoms with Crippen LogP contribution in [-0.2, 0) is 0 Å². The van der Waals surface area contributed by atoms with Crippen LogP contribution in [-0.4, -0.2) is 5.54 Å². The van der Waals surface area contributed by atoms with E-state index in [0.717, 1.165) is 17.8 Å². The Hall–Kier alpha value is -0.0400. The van der Waals surface area contributed by atoms with Crippen molar-refractivity contribution in [2.24, 2.45) is 23.5 Å². The number of nitrogens with two attached hydrogens (primary N) is 1. The third-order valence-corrected chi connectivity index (χ3v) is 3.80. The molecule has 0 aromatic carbocycles. The summed E-state index contributed by atoms with van der Waals surface area (Å²) < 4.78 is 0. The summed E-state index contributed by atoms with van der Waals surface area (Å²) in [6.07, 6.45) is 8.49. The molecule has 0 heterocycles. The van der Waals surface area contributed by atoms with Crippen molar-refractivity contribution in [2.45, 2.75) is 44.1 Å². The van der Waals surface area contributed by atoms with Gasteiger partial charge in [0, 0.05) is 5.54 Å². The van der Waals surface area contributed by atoms with Crippen LogP contribution in [0.4, 0.5) is 0 Å². The van der Waals surface area contributed by atoms with Gasteiger partial charge in [0.2, 0.25) is 0 Å². The van der Waals surface area contributed by atoms with Gasteiger partial charge in [-0.3, -0.25) is 0 Å². The number of fused-ring (bicyclic) bond motifs is 1. The fourth-order valence-electron chi connectivity index (χ4n) is 3.00. The van der Waals surface area contributed by atoms with Crippen LogP contribution >= 0.6 is 0 Å². The third kappa shape index (κ3) is 1.10. The summed E-state index contributed by atoms with van der Waals surface area (Å²) in [6.45, 7) is 0. The maximum absolute atomic E-state index is 6.32. The van der Waals surface area contributed by atoms with Gasteiger partial charge in [-0.15, -0.1) is 0 Å². The van der Waals surface area contributed by atoms with Crippen LogP contribution in [0.5, 0.6) is 0 Å². The van der Waals surface area contributed by atoms with E-state index in [0.29, 0.717) is 5.54 Å². The van der Waals surface area contributed by atoms with Crippen LogP contribution in [0.3, 0.4) is 0 Å². The van der Waals surface area contributed by atoms with Crippen molar-refractivity contribution in [1.82, 2.24) is 0 Å². The Kier molecular flexibility index (Phi) is 1.07. The fourth-order valence-corrected chi connectivity index (χ4v) is 3.00. The topological polar surface area (TPSA) is 26.0 Å². The summed E-state index contributed by atoms with van der Waals surface area (Å²) in [6, 6.07) is 0. The minimum Gasteiger partial charge on any atom is -0.325 e. The second-order valence-corrected chi connectivity index (χ2v) is 5.17. The van der Waals surface area contributed by atoms with Gasteiger partial charge >= 0.3 is 0 Å². The summed E-state index contributed by atoms with van der Waals surface area (Å²) >= 11 is 0. The molecule has 11 heavy (non-hydrogen) atoms. The van der Waals surface area contributed by atoms with Crippen LogP contribution in [0, 0.1) is 17.8 Å². The summed E-state index contributed by atoms with van der Waals surface area (Å²) in [5, 5.41) is 0. The Bertz CT molecular complexity index is 173. The maximum Gasteiger partial charge on any atom is 0.0162 e. The first-order chi connectivity index (χ1) is 5.25. The molecule has 0 spiro atoms. The van der Waals surface area contributed by atoms with E-state index in [1.165, 1.54) is 38.5 Å². The molecule has 62 valence electrons. The van der Waals surface area contributed by atoms with Gasteiger partial charge in [0.05, 0.1) is 0 Å². The predicted octanol–water partition coefficient (Wildman–Crippen LogP) is 1.91. The van der Waals surface area contributed by atoms with Gasteiger partial charge in [-0.1, -0.05) is 12.8 Å². The number of rotatable bonds is 2. The van der Waals surface area contributed by atoms with Crippen molar-refractivity contribution in [2.75, 3.05) is 0 Å². The Morgan fingerprint density at radius 3 is 2.36 bits per heavy atom. The zero-order chi connectivity index (χ0) is 7.47. The van der Waals surface area contributed by atoms with E-state index in [1.807, 2.05) is 0 Å². The van der Waals surface area contributed by atoms with Crippen LogP contribution in [0.1, 0.15) is 38.5 Å². The highest BCUT2D eigenvalue weighted by Crippen LogP contribution is 2.57. The molecule has 2 N–H and O–H groups in total. The molecule has 3 saturated carbocycles. The maximum atomic E-state index is 6.32. The van der Waals surface area contributed by atoms with Crippen molar-refractivity contribution in [3.05, 3.63) is 0 Å². The molecule has 0 aliphatic heterocycles. The summed E-state index contributed by atoms with van der Waals surface area (Å²) in [5.41, 5.74) is 6.62. The molecule has 0 aromatic heterocycles. The summed E-state index contributed by atoms with van der Waals surface area (Å²) in [4.78, 5) is 0. The molecular weight excluding hydrogens is 134 g/mol. The highest BCUT2D eigenvalue weighted by Gasteiger charge is 2.52. The molecule has 2 atom stereocenters. The molecule has 3 fully saturated rings. The second kappa shape index (κ2) is 1.82. The molecule has 3 rings (SSSR count). The Labute approximate surface area is 68.3 Å². The van der Waals surface area contributed by atoms with Crippen molar-refractivity contribution in [3.63, 3.8) is 0 Å². The lowest BCUT2D eigenvalue weighted by Crippen LogP contribution is -2.38. The molecule has 0 amide bonds. The minimum atomic E-state index is 0.300. The van der Waals surface area contributed by atoms with E-state index in [2.05, 4.69) is 0 Å². The Morgan fingerprint density at radius 2 is 1.82 bits per heavy atom. The fraction of sp³-hybridized carbons (Fsp3) is 1.00. The molecule has 3 aliphatic rings. The van der Waals surface area contributed by atoms with Gasteiger partial charge in [-0.2, -0.15) is 0 Å². The van der Waals surface area contributed by atoms with Crippen LogP contribution in [0.15, 0.2) is 0 Å². The largest absolute Gasteiger partial charge is 0.325 e. The van der Waals surface area contributed by atoms with Crippen LogP contribution in [0.25, 0.3) is 0 Å². The lowest BCUT2D eigenvalue weighted by atomic mass is 9.89. The molecule has 0 aromatic rings. The van der Waals surface area contributed by atoms with Gasteiger partial charge in [-0.25, -0.2) is 0 Å². The third-order valence-electron chi connectivity index (χ3n) is 3.80. The SMILES string of the molecule is NC1(CC2CC2)CC2CC2C1. The highest BCUT2D eigenvalue weighted by atomic mass is 14.8. The van der Waals surface area contributed by atoms with Gasteiger partial charge < -0.3 is 5.73 Å². The van der Waals surface area contributed by atoms with Gasteiger partial charge in [0.15, 0.2) is 0 Å². The monoisotopic (exact) mass is 151 g/mol. The van der Waals surface area contributed by atoms with Crippen LogP contribution < -0.4 is 5.73 Å². The molecule has 2 unspecified atom stereocenters. The number of hydrogen-bond acceptors (Lipinski definition) is 1. The lowest BCUT2D eigenvalue weighted by molar-refractivity contribution is 0.348. The minimum absolute atomic E-state index is 0.300. The summed E-state index contributed by atoms with van der Waals surface area (Å²) in [7, 11) is 0. The van der Waals surface area contributed by atoms with E-state index in [4.69, 9.17) is 5.73 Å². The predicted molar refractivity (Wildman–Crippen MR) is 45.1 cm³/mol. The molecule has 1 nitrogen and oxygen atoms in total. The van der Waals surface area contributed by atoms with Gasteiger partial charge in [-0.05, 0) is 43.4 Å². The quantitative estimate of drug-likeness (QED) is 0.641.